The van der Waals surface area contributed by atoms with Crippen molar-refractivity contribution in [2.75, 3.05) is 38.7 Å². The fourth-order valence-electron chi connectivity index (χ4n) is 3.13. The summed E-state index contributed by atoms with van der Waals surface area (Å²) in [4.78, 5) is 35.2. The Bertz CT molecular complexity index is 844. The molecule has 1 saturated heterocycles. The molecule has 27 heavy (non-hydrogen) atoms. The topological polar surface area (TPSA) is 105 Å². The number of carbonyl (C=O) groups is 1. The molecule has 0 spiro atoms. The van der Waals surface area contributed by atoms with Crippen LogP contribution >= 0.6 is 0 Å². The molecule has 9 heteroatoms. The molecular weight excluding hydrogens is 350 g/mol. The van der Waals surface area contributed by atoms with Gasteiger partial charge in [-0.05, 0) is 18.5 Å². The van der Waals surface area contributed by atoms with E-state index < -0.39 is 0 Å². The van der Waals surface area contributed by atoms with Crippen molar-refractivity contribution < 1.29 is 14.1 Å². The summed E-state index contributed by atoms with van der Waals surface area (Å²) in [7, 11) is 3.65. The molecule has 1 atom stereocenters. The quantitative estimate of drug-likeness (QED) is 0.774. The third kappa shape index (κ3) is 4.66. The van der Waals surface area contributed by atoms with Gasteiger partial charge in [0.1, 0.15) is 5.76 Å². The summed E-state index contributed by atoms with van der Waals surface area (Å²) in [5.41, 5.74) is 0.554. The van der Waals surface area contributed by atoms with Crippen molar-refractivity contribution >= 4 is 11.9 Å². The summed E-state index contributed by atoms with van der Waals surface area (Å²) >= 11 is 0. The SMILES string of the molecule is CCOc1cc(CCC(=O)N2CC[C@H](c3cc(=O)[nH]c(N(C)C)n3)C2)on1. The van der Waals surface area contributed by atoms with Gasteiger partial charge < -0.3 is 19.1 Å². The van der Waals surface area contributed by atoms with E-state index in [1.807, 2.05) is 25.9 Å². The van der Waals surface area contributed by atoms with Crippen LogP contribution in [-0.4, -0.2) is 59.7 Å². The molecule has 0 aromatic carbocycles. The summed E-state index contributed by atoms with van der Waals surface area (Å²) in [6.07, 6.45) is 1.62. The minimum atomic E-state index is -0.177. The zero-order valence-electron chi connectivity index (χ0n) is 15.9. The first-order valence-electron chi connectivity index (χ1n) is 9.11. The van der Waals surface area contributed by atoms with Gasteiger partial charge in [0, 0.05) is 58.1 Å². The van der Waals surface area contributed by atoms with Crippen molar-refractivity contribution in [1.82, 2.24) is 20.0 Å². The molecule has 3 heterocycles. The number of hydrogen-bond donors (Lipinski definition) is 1. The Labute approximate surface area is 157 Å². The molecule has 146 valence electrons. The second-order valence-electron chi connectivity index (χ2n) is 6.78. The molecule has 2 aromatic heterocycles. The second kappa shape index (κ2) is 8.24. The minimum Gasteiger partial charge on any atom is -0.476 e. The number of aromatic nitrogens is 3. The van der Waals surface area contributed by atoms with Crippen LogP contribution in [0, 0.1) is 0 Å². The fourth-order valence-corrected chi connectivity index (χ4v) is 3.13. The van der Waals surface area contributed by atoms with Crippen LogP contribution in [-0.2, 0) is 11.2 Å². The van der Waals surface area contributed by atoms with Gasteiger partial charge in [-0.3, -0.25) is 14.6 Å². The maximum atomic E-state index is 12.5. The molecule has 1 fully saturated rings. The summed E-state index contributed by atoms with van der Waals surface area (Å²) in [5, 5.41) is 3.80. The molecule has 0 unspecified atom stereocenters. The summed E-state index contributed by atoms with van der Waals surface area (Å²) in [5.74, 6) is 1.74. The van der Waals surface area contributed by atoms with Crippen LogP contribution in [0.1, 0.15) is 37.1 Å². The average molecular weight is 375 g/mol. The van der Waals surface area contributed by atoms with Gasteiger partial charge in [0.15, 0.2) is 0 Å². The van der Waals surface area contributed by atoms with Crippen LogP contribution in [0.15, 0.2) is 21.5 Å². The van der Waals surface area contributed by atoms with Crippen LogP contribution in [0.5, 0.6) is 5.88 Å². The average Bonchev–Trinajstić information content (AvgIpc) is 3.29. The summed E-state index contributed by atoms with van der Waals surface area (Å²) in [6.45, 7) is 3.63. The van der Waals surface area contributed by atoms with Crippen molar-refractivity contribution in [3.63, 3.8) is 0 Å². The molecule has 3 rings (SSSR count). The number of likely N-dealkylation sites (tertiary alicyclic amines) is 1. The predicted octanol–water partition coefficient (Wildman–Crippen LogP) is 1.17. The first kappa shape index (κ1) is 18.9. The first-order chi connectivity index (χ1) is 13.0. The van der Waals surface area contributed by atoms with E-state index in [2.05, 4.69) is 15.1 Å². The number of amides is 1. The van der Waals surface area contributed by atoms with E-state index >= 15 is 0 Å². The van der Waals surface area contributed by atoms with Crippen molar-refractivity contribution in [1.29, 1.82) is 0 Å². The second-order valence-corrected chi connectivity index (χ2v) is 6.78. The molecule has 0 radical (unpaired) electrons. The van der Waals surface area contributed by atoms with Crippen LogP contribution in [0.3, 0.4) is 0 Å². The van der Waals surface area contributed by atoms with Crippen LogP contribution < -0.4 is 15.2 Å². The largest absolute Gasteiger partial charge is 0.476 e. The van der Waals surface area contributed by atoms with Gasteiger partial charge in [0.25, 0.3) is 11.4 Å². The lowest BCUT2D eigenvalue weighted by molar-refractivity contribution is -0.130. The number of nitrogens with zero attached hydrogens (tertiary/aromatic N) is 4. The normalized spacial score (nSPS) is 16.6. The Hall–Kier alpha value is -2.84. The van der Waals surface area contributed by atoms with Gasteiger partial charge in [0.05, 0.1) is 12.3 Å². The van der Waals surface area contributed by atoms with Crippen LogP contribution in [0.25, 0.3) is 0 Å². The van der Waals surface area contributed by atoms with Crippen LogP contribution in [0.2, 0.25) is 0 Å². The third-order valence-corrected chi connectivity index (χ3v) is 4.55. The molecule has 1 aliphatic rings. The zero-order chi connectivity index (χ0) is 19.4. The summed E-state index contributed by atoms with van der Waals surface area (Å²) < 4.78 is 10.4. The zero-order valence-corrected chi connectivity index (χ0v) is 15.9. The third-order valence-electron chi connectivity index (χ3n) is 4.55. The number of hydrogen-bond acceptors (Lipinski definition) is 7. The van der Waals surface area contributed by atoms with E-state index in [4.69, 9.17) is 9.26 Å². The standard InChI is InChI=1S/C18H25N5O4/c1-4-26-16-9-13(27-21-16)5-6-17(25)23-8-7-12(11-23)14-10-15(24)20-18(19-14)22(2)3/h9-10,12H,4-8,11H2,1-3H3,(H,19,20,24)/t12-/m0/s1. The van der Waals surface area contributed by atoms with Crippen molar-refractivity contribution in [2.45, 2.75) is 32.1 Å². The minimum absolute atomic E-state index is 0.0598. The highest BCUT2D eigenvalue weighted by Gasteiger charge is 2.28. The van der Waals surface area contributed by atoms with Gasteiger partial charge in [-0.15, -0.1) is 0 Å². The number of anilines is 1. The van der Waals surface area contributed by atoms with Crippen LogP contribution in [0.4, 0.5) is 5.95 Å². The molecule has 1 amide bonds. The molecule has 2 aromatic rings. The fraction of sp³-hybridized carbons (Fsp3) is 0.556. The Morgan fingerprint density at radius 3 is 3.00 bits per heavy atom. The van der Waals surface area contributed by atoms with E-state index in [0.29, 0.717) is 50.1 Å². The Morgan fingerprint density at radius 2 is 2.26 bits per heavy atom. The summed E-state index contributed by atoms with van der Waals surface area (Å²) in [6, 6.07) is 3.24. The highest BCUT2D eigenvalue weighted by molar-refractivity contribution is 5.76. The van der Waals surface area contributed by atoms with E-state index in [1.165, 1.54) is 6.07 Å². The highest BCUT2D eigenvalue weighted by Crippen LogP contribution is 2.26. The van der Waals surface area contributed by atoms with E-state index in [0.717, 1.165) is 12.1 Å². The smallest absolute Gasteiger partial charge is 0.254 e. The molecule has 0 aliphatic carbocycles. The number of rotatable bonds is 7. The lowest BCUT2D eigenvalue weighted by Crippen LogP contribution is -2.29. The van der Waals surface area contributed by atoms with Gasteiger partial charge >= 0.3 is 0 Å². The Balaban J connectivity index is 1.57. The maximum absolute atomic E-state index is 12.5. The Kier molecular flexibility index (Phi) is 5.78. The van der Waals surface area contributed by atoms with Gasteiger partial charge in [-0.2, -0.15) is 0 Å². The molecule has 9 nitrogen and oxygen atoms in total. The number of ether oxygens (including phenoxy) is 1. The predicted molar refractivity (Wildman–Crippen MR) is 99.1 cm³/mol. The Morgan fingerprint density at radius 1 is 1.44 bits per heavy atom. The van der Waals surface area contributed by atoms with E-state index in [9.17, 15) is 9.59 Å². The number of nitrogens with one attached hydrogen (secondary N) is 1. The number of H-pyrrole nitrogens is 1. The monoisotopic (exact) mass is 375 g/mol. The van der Waals surface area contributed by atoms with Gasteiger partial charge in [0.2, 0.25) is 11.9 Å². The van der Waals surface area contributed by atoms with E-state index in [-0.39, 0.29) is 17.4 Å². The van der Waals surface area contributed by atoms with Crippen molar-refractivity contribution in [3.8, 4) is 5.88 Å². The molecule has 1 N–H and O–H groups in total. The molecule has 0 saturated carbocycles. The van der Waals surface area contributed by atoms with Crippen molar-refractivity contribution in [3.05, 3.63) is 33.9 Å². The number of aryl methyl sites for hydroxylation is 1. The first-order valence-corrected chi connectivity index (χ1v) is 9.11. The van der Waals surface area contributed by atoms with Gasteiger partial charge in [-0.1, -0.05) is 0 Å². The van der Waals surface area contributed by atoms with Crippen molar-refractivity contribution in [2.24, 2.45) is 0 Å². The molecular formula is C18H25N5O4. The highest BCUT2D eigenvalue weighted by atomic mass is 16.5. The van der Waals surface area contributed by atoms with E-state index in [1.54, 1.807) is 11.0 Å². The molecule has 1 aliphatic heterocycles. The maximum Gasteiger partial charge on any atom is 0.254 e. The lowest BCUT2D eigenvalue weighted by atomic mass is 10.1. The number of carbonyl (C=O) groups excluding carboxylic acids is 1. The lowest BCUT2D eigenvalue weighted by Gasteiger charge is -2.17. The number of aromatic amines is 1. The molecule has 0 bridgehead atoms. The van der Waals surface area contributed by atoms with Gasteiger partial charge in [-0.25, -0.2) is 4.98 Å².